The zero-order chi connectivity index (χ0) is 14.4. The van der Waals surface area contributed by atoms with Gasteiger partial charge in [-0.2, -0.15) is 0 Å². The number of carbonyl (C=O) groups excluding carboxylic acids is 1. The number of anilines is 1. The molecule has 1 aromatic carbocycles. The average Bonchev–Trinajstić information content (AvgIpc) is 2.49. The summed E-state index contributed by atoms with van der Waals surface area (Å²) >= 11 is 0. The van der Waals surface area contributed by atoms with E-state index in [1.165, 1.54) is 0 Å². The van der Waals surface area contributed by atoms with E-state index in [1.54, 1.807) is 19.2 Å². The van der Waals surface area contributed by atoms with Crippen molar-refractivity contribution in [3.8, 4) is 11.5 Å². The molecule has 1 aliphatic heterocycles. The molecule has 20 heavy (non-hydrogen) atoms. The summed E-state index contributed by atoms with van der Waals surface area (Å²) in [6, 6.07) is 5.32. The first-order valence-electron chi connectivity index (χ1n) is 7.09. The quantitative estimate of drug-likeness (QED) is 0.866. The number of nitrogens with one attached hydrogen (secondary N) is 2. The molecule has 1 fully saturated rings. The van der Waals surface area contributed by atoms with Gasteiger partial charge in [-0.05, 0) is 38.4 Å². The molecule has 0 spiro atoms. The van der Waals surface area contributed by atoms with E-state index in [9.17, 15) is 4.79 Å². The van der Waals surface area contributed by atoms with E-state index in [0.717, 1.165) is 31.5 Å². The molecule has 5 heteroatoms. The van der Waals surface area contributed by atoms with E-state index in [1.807, 2.05) is 13.0 Å². The molecular weight excluding hydrogens is 256 g/mol. The highest BCUT2D eigenvalue weighted by atomic mass is 16.5. The van der Waals surface area contributed by atoms with Crippen LogP contribution in [0, 0.1) is 0 Å². The molecule has 0 saturated carbocycles. The van der Waals surface area contributed by atoms with Gasteiger partial charge in [0.2, 0.25) is 5.91 Å². The third-order valence-electron chi connectivity index (χ3n) is 3.36. The Hall–Kier alpha value is -1.75. The van der Waals surface area contributed by atoms with Crippen molar-refractivity contribution in [2.24, 2.45) is 0 Å². The minimum absolute atomic E-state index is 0.0114. The van der Waals surface area contributed by atoms with Gasteiger partial charge in [0.25, 0.3) is 0 Å². The molecule has 2 N–H and O–H groups in total. The van der Waals surface area contributed by atoms with Crippen molar-refractivity contribution in [3.05, 3.63) is 18.2 Å². The highest BCUT2D eigenvalue weighted by molar-refractivity contribution is 5.95. The van der Waals surface area contributed by atoms with Crippen LogP contribution < -0.4 is 20.1 Å². The van der Waals surface area contributed by atoms with Crippen LogP contribution in [0.2, 0.25) is 0 Å². The van der Waals surface area contributed by atoms with Crippen molar-refractivity contribution in [1.82, 2.24) is 5.32 Å². The summed E-state index contributed by atoms with van der Waals surface area (Å²) in [6.45, 7) is 3.37. The molecule has 1 atom stereocenters. The lowest BCUT2D eigenvalue weighted by Crippen LogP contribution is -2.43. The second-order valence-corrected chi connectivity index (χ2v) is 4.79. The Morgan fingerprint density at radius 3 is 2.90 bits per heavy atom. The van der Waals surface area contributed by atoms with E-state index in [0.29, 0.717) is 18.1 Å². The topological polar surface area (TPSA) is 59.6 Å². The molecule has 0 radical (unpaired) electrons. The first kappa shape index (κ1) is 14.7. The Kier molecular flexibility index (Phi) is 5.24. The van der Waals surface area contributed by atoms with Crippen LogP contribution in [0.1, 0.15) is 26.2 Å². The summed E-state index contributed by atoms with van der Waals surface area (Å²) < 4.78 is 10.7. The number of hydrogen-bond donors (Lipinski definition) is 2. The lowest BCUT2D eigenvalue weighted by molar-refractivity contribution is -0.118. The molecule has 0 aromatic heterocycles. The number of hydrogen-bond acceptors (Lipinski definition) is 4. The standard InChI is InChI=1S/C15H22N2O3/c1-3-20-14-10-11(7-8-13(14)19-2)17-15(18)12-6-4-5-9-16-12/h7-8,10,12,16H,3-6,9H2,1-2H3,(H,17,18). The predicted octanol–water partition coefficient (Wildman–Crippen LogP) is 2.17. The maximum atomic E-state index is 12.1. The van der Waals surface area contributed by atoms with Gasteiger partial charge in [-0.1, -0.05) is 6.42 Å². The summed E-state index contributed by atoms with van der Waals surface area (Å²) in [4.78, 5) is 12.1. The van der Waals surface area contributed by atoms with Crippen LogP contribution >= 0.6 is 0 Å². The van der Waals surface area contributed by atoms with E-state index in [2.05, 4.69) is 10.6 Å². The number of methoxy groups -OCH3 is 1. The minimum atomic E-state index is -0.0959. The van der Waals surface area contributed by atoms with Gasteiger partial charge in [0.05, 0.1) is 19.8 Å². The molecule has 1 unspecified atom stereocenters. The van der Waals surface area contributed by atoms with Gasteiger partial charge in [-0.25, -0.2) is 0 Å². The lowest BCUT2D eigenvalue weighted by Gasteiger charge is -2.22. The Morgan fingerprint density at radius 2 is 2.25 bits per heavy atom. The molecule has 2 rings (SSSR count). The minimum Gasteiger partial charge on any atom is -0.493 e. The molecule has 0 aliphatic carbocycles. The fourth-order valence-corrected chi connectivity index (χ4v) is 2.33. The Labute approximate surface area is 119 Å². The molecule has 1 saturated heterocycles. The van der Waals surface area contributed by atoms with Gasteiger partial charge in [-0.15, -0.1) is 0 Å². The second kappa shape index (κ2) is 7.14. The van der Waals surface area contributed by atoms with Crippen molar-refractivity contribution in [2.75, 3.05) is 25.6 Å². The van der Waals surface area contributed by atoms with Crippen molar-refractivity contribution in [3.63, 3.8) is 0 Å². The summed E-state index contributed by atoms with van der Waals surface area (Å²) in [5.41, 5.74) is 0.728. The molecular formula is C15H22N2O3. The van der Waals surface area contributed by atoms with Crippen LogP contribution in [0.15, 0.2) is 18.2 Å². The third-order valence-corrected chi connectivity index (χ3v) is 3.36. The maximum absolute atomic E-state index is 12.1. The van der Waals surface area contributed by atoms with E-state index in [-0.39, 0.29) is 11.9 Å². The Bertz CT molecular complexity index is 456. The maximum Gasteiger partial charge on any atom is 0.241 e. The van der Waals surface area contributed by atoms with Gasteiger partial charge in [-0.3, -0.25) is 4.79 Å². The van der Waals surface area contributed by atoms with Crippen molar-refractivity contribution >= 4 is 11.6 Å². The number of amides is 1. The second-order valence-electron chi connectivity index (χ2n) is 4.79. The molecule has 0 bridgehead atoms. The van der Waals surface area contributed by atoms with Crippen LogP contribution in [0.25, 0.3) is 0 Å². The fraction of sp³-hybridized carbons (Fsp3) is 0.533. The Morgan fingerprint density at radius 1 is 1.40 bits per heavy atom. The lowest BCUT2D eigenvalue weighted by atomic mass is 10.0. The van der Waals surface area contributed by atoms with E-state index < -0.39 is 0 Å². The number of ether oxygens (including phenoxy) is 2. The van der Waals surface area contributed by atoms with Crippen LogP contribution in [-0.4, -0.2) is 32.2 Å². The zero-order valence-corrected chi connectivity index (χ0v) is 12.1. The summed E-state index contributed by atoms with van der Waals surface area (Å²) in [5.74, 6) is 1.32. The molecule has 1 aromatic rings. The van der Waals surface area contributed by atoms with Crippen LogP contribution in [-0.2, 0) is 4.79 Å². The highest BCUT2D eigenvalue weighted by Crippen LogP contribution is 2.30. The largest absolute Gasteiger partial charge is 0.493 e. The van der Waals surface area contributed by atoms with Crippen LogP contribution in [0.4, 0.5) is 5.69 Å². The molecule has 1 amide bonds. The number of carbonyl (C=O) groups is 1. The van der Waals surface area contributed by atoms with Crippen LogP contribution in [0.5, 0.6) is 11.5 Å². The van der Waals surface area contributed by atoms with Crippen molar-refractivity contribution in [1.29, 1.82) is 0 Å². The number of piperidine rings is 1. The molecule has 5 nitrogen and oxygen atoms in total. The normalized spacial score (nSPS) is 18.4. The summed E-state index contributed by atoms with van der Waals surface area (Å²) in [6.07, 6.45) is 3.12. The van der Waals surface area contributed by atoms with Gasteiger partial charge in [0.1, 0.15) is 0 Å². The Balaban J connectivity index is 2.04. The number of rotatable bonds is 5. The van der Waals surface area contributed by atoms with Gasteiger partial charge < -0.3 is 20.1 Å². The zero-order valence-electron chi connectivity index (χ0n) is 12.1. The first-order chi connectivity index (χ1) is 9.74. The average molecular weight is 278 g/mol. The monoisotopic (exact) mass is 278 g/mol. The highest BCUT2D eigenvalue weighted by Gasteiger charge is 2.20. The van der Waals surface area contributed by atoms with Gasteiger partial charge in [0, 0.05) is 11.8 Å². The molecule has 1 heterocycles. The predicted molar refractivity (Wildman–Crippen MR) is 78.4 cm³/mol. The SMILES string of the molecule is CCOc1cc(NC(=O)C2CCCCN2)ccc1OC. The van der Waals surface area contributed by atoms with Crippen molar-refractivity contribution in [2.45, 2.75) is 32.2 Å². The summed E-state index contributed by atoms with van der Waals surface area (Å²) in [5, 5.41) is 6.16. The van der Waals surface area contributed by atoms with Crippen molar-refractivity contribution < 1.29 is 14.3 Å². The third kappa shape index (κ3) is 3.63. The van der Waals surface area contributed by atoms with Crippen LogP contribution in [0.3, 0.4) is 0 Å². The molecule has 110 valence electrons. The van der Waals surface area contributed by atoms with E-state index >= 15 is 0 Å². The van der Waals surface area contributed by atoms with Gasteiger partial charge in [0.15, 0.2) is 11.5 Å². The fourth-order valence-electron chi connectivity index (χ4n) is 2.33. The summed E-state index contributed by atoms with van der Waals surface area (Å²) in [7, 11) is 1.60. The van der Waals surface area contributed by atoms with E-state index in [4.69, 9.17) is 9.47 Å². The molecule has 1 aliphatic rings. The number of benzene rings is 1. The first-order valence-corrected chi connectivity index (χ1v) is 7.09. The smallest absolute Gasteiger partial charge is 0.241 e. The van der Waals surface area contributed by atoms with Gasteiger partial charge >= 0.3 is 0 Å².